The lowest BCUT2D eigenvalue weighted by atomic mass is 9.44. The van der Waals surface area contributed by atoms with Crippen LogP contribution in [0.25, 0.3) is 0 Å². The van der Waals surface area contributed by atoms with Crippen LogP contribution in [0.1, 0.15) is 97.3 Å². The van der Waals surface area contributed by atoms with E-state index < -0.39 is 0 Å². The van der Waals surface area contributed by atoms with Crippen LogP contribution in [0.15, 0.2) is 0 Å². The second kappa shape index (κ2) is 5.29. The van der Waals surface area contributed by atoms with Crippen molar-refractivity contribution in [1.29, 1.82) is 0 Å². The summed E-state index contributed by atoms with van der Waals surface area (Å²) in [7, 11) is 0. The minimum absolute atomic E-state index is 0.753. The molecule has 0 spiro atoms. The van der Waals surface area contributed by atoms with E-state index >= 15 is 0 Å². The summed E-state index contributed by atoms with van der Waals surface area (Å²) in [5.74, 6) is 8.97. The van der Waals surface area contributed by atoms with E-state index in [1.807, 2.05) is 0 Å². The van der Waals surface area contributed by atoms with Crippen molar-refractivity contribution in [2.45, 2.75) is 97.3 Å². The van der Waals surface area contributed by atoms with Gasteiger partial charge < -0.3 is 0 Å². The lowest BCUT2D eigenvalue weighted by Crippen LogP contribution is -2.52. The van der Waals surface area contributed by atoms with Gasteiger partial charge in [0, 0.05) is 0 Å². The Kier molecular flexibility index (Phi) is 3.38. The van der Waals surface area contributed by atoms with Gasteiger partial charge >= 0.3 is 0 Å². The van der Waals surface area contributed by atoms with E-state index in [0.717, 1.165) is 58.2 Å². The lowest BCUT2D eigenvalue weighted by molar-refractivity contribution is -0.113. The van der Waals surface area contributed by atoms with Gasteiger partial charge in [0.05, 0.1) is 0 Å². The van der Waals surface area contributed by atoms with Crippen molar-refractivity contribution < 1.29 is 0 Å². The van der Waals surface area contributed by atoms with E-state index in [4.69, 9.17) is 0 Å². The van der Waals surface area contributed by atoms with Crippen molar-refractivity contribution in [2.24, 2.45) is 58.2 Å². The quantitative estimate of drug-likeness (QED) is 0.513. The molecule has 0 heteroatoms. The average molecular weight is 341 g/mol. The van der Waals surface area contributed by atoms with Gasteiger partial charge in [-0.05, 0) is 135 Å². The highest BCUT2D eigenvalue weighted by atomic mass is 14.6. The van der Waals surface area contributed by atoms with Crippen molar-refractivity contribution in [2.75, 3.05) is 0 Å². The first kappa shape index (κ1) is 16.0. The van der Waals surface area contributed by atoms with Gasteiger partial charge in [0.2, 0.25) is 0 Å². The van der Waals surface area contributed by atoms with E-state index in [1.54, 1.807) is 83.5 Å². The monoisotopic (exact) mass is 340 g/mol. The van der Waals surface area contributed by atoms with Gasteiger partial charge in [-0.2, -0.15) is 0 Å². The van der Waals surface area contributed by atoms with Crippen LogP contribution in [0.3, 0.4) is 0 Å². The molecule has 6 unspecified atom stereocenters. The summed E-state index contributed by atoms with van der Waals surface area (Å²) in [6.45, 7) is 5.40. The molecular weight excluding hydrogens is 300 g/mol. The number of hydrogen-bond donors (Lipinski definition) is 0. The Morgan fingerprint density at radius 3 is 1.24 bits per heavy atom. The Bertz CT molecular complexity index is 470. The molecule has 0 radical (unpaired) electrons. The Morgan fingerprint density at radius 2 is 0.920 bits per heavy atom. The van der Waals surface area contributed by atoms with Crippen LogP contribution in [0.5, 0.6) is 0 Å². The Balaban J connectivity index is 1.12. The Morgan fingerprint density at radius 1 is 0.560 bits per heavy atom. The molecule has 0 amide bonds. The molecular formula is C25H40. The number of hydrogen-bond acceptors (Lipinski definition) is 0. The third kappa shape index (κ3) is 2.37. The summed E-state index contributed by atoms with van der Waals surface area (Å²) in [5.41, 5.74) is 1.51. The summed E-state index contributed by atoms with van der Waals surface area (Å²) < 4.78 is 0. The van der Waals surface area contributed by atoms with Crippen LogP contribution in [-0.2, 0) is 0 Å². The Labute approximate surface area is 155 Å². The van der Waals surface area contributed by atoms with Crippen LogP contribution in [0.4, 0.5) is 0 Å². The third-order valence-electron chi connectivity index (χ3n) is 10.9. The maximum absolute atomic E-state index is 2.70. The molecule has 0 aliphatic heterocycles. The average Bonchev–Trinajstić information content (AvgIpc) is 2.49. The molecule has 0 aromatic heterocycles. The van der Waals surface area contributed by atoms with Crippen LogP contribution < -0.4 is 0 Å². The summed E-state index contributed by atoms with van der Waals surface area (Å²) in [6, 6.07) is 0. The van der Waals surface area contributed by atoms with E-state index in [1.165, 1.54) is 0 Å². The zero-order chi connectivity index (χ0) is 16.8. The van der Waals surface area contributed by atoms with Crippen LogP contribution in [0.2, 0.25) is 0 Å². The molecule has 0 heterocycles. The van der Waals surface area contributed by atoms with Gasteiger partial charge in [-0.3, -0.25) is 0 Å². The van der Waals surface area contributed by atoms with Crippen LogP contribution in [-0.4, -0.2) is 0 Å². The second-order valence-corrected chi connectivity index (χ2v) is 12.7. The van der Waals surface area contributed by atoms with Crippen molar-refractivity contribution in [3.8, 4) is 0 Å². The molecule has 0 aromatic rings. The standard InChI is InChI=1S/C25H40/c1-24-12-16-6-17(13-24)9-20(8-16)22(24)4-3-5-23-21-10-18-7-19(11-21)15-25(23,2)14-18/h16-23H,3-15H2,1-2H3. The zero-order valence-electron chi connectivity index (χ0n) is 16.8. The van der Waals surface area contributed by atoms with Crippen molar-refractivity contribution in [3.63, 3.8) is 0 Å². The van der Waals surface area contributed by atoms with Crippen LogP contribution >= 0.6 is 0 Å². The van der Waals surface area contributed by atoms with Crippen molar-refractivity contribution >= 4 is 0 Å². The first-order valence-electron chi connectivity index (χ1n) is 12.0. The molecule has 8 fully saturated rings. The predicted molar refractivity (Wildman–Crippen MR) is 104 cm³/mol. The van der Waals surface area contributed by atoms with Gasteiger partial charge in [-0.25, -0.2) is 0 Å². The molecule has 8 aliphatic rings. The predicted octanol–water partition coefficient (Wildman–Crippen LogP) is 7.08. The summed E-state index contributed by atoms with van der Waals surface area (Å²) in [6.07, 6.45) is 20.8. The zero-order valence-corrected chi connectivity index (χ0v) is 16.8. The minimum atomic E-state index is 0.753. The maximum atomic E-state index is 2.70. The molecule has 140 valence electrons. The molecule has 0 nitrogen and oxygen atoms in total. The van der Waals surface area contributed by atoms with Crippen molar-refractivity contribution in [3.05, 3.63) is 0 Å². The number of rotatable bonds is 4. The van der Waals surface area contributed by atoms with E-state index in [0.29, 0.717) is 0 Å². The molecule has 8 aliphatic carbocycles. The third-order valence-corrected chi connectivity index (χ3v) is 10.9. The van der Waals surface area contributed by atoms with Crippen LogP contribution in [0, 0.1) is 58.2 Å². The summed E-state index contributed by atoms with van der Waals surface area (Å²) in [5, 5.41) is 0. The highest BCUT2D eigenvalue weighted by molar-refractivity contribution is 5.06. The fourth-order valence-electron chi connectivity index (χ4n) is 10.8. The molecule has 8 saturated carbocycles. The van der Waals surface area contributed by atoms with Gasteiger partial charge in [0.25, 0.3) is 0 Å². The van der Waals surface area contributed by atoms with Gasteiger partial charge in [-0.1, -0.05) is 20.3 Å². The topological polar surface area (TPSA) is 0 Å². The molecule has 0 N–H and O–H groups in total. The smallest absolute Gasteiger partial charge is 0.0290 e. The van der Waals surface area contributed by atoms with Gasteiger partial charge in [-0.15, -0.1) is 0 Å². The minimum Gasteiger partial charge on any atom is -0.0593 e. The van der Waals surface area contributed by atoms with Gasteiger partial charge in [0.1, 0.15) is 0 Å². The second-order valence-electron chi connectivity index (χ2n) is 12.7. The Hall–Kier alpha value is 0. The van der Waals surface area contributed by atoms with E-state index in [2.05, 4.69) is 13.8 Å². The molecule has 25 heavy (non-hydrogen) atoms. The molecule has 0 saturated heterocycles. The first-order valence-corrected chi connectivity index (χ1v) is 12.0. The first-order chi connectivity index (χ1) is 12.0. The normalized spacial score (nSPS) is 61.2. The van der Waals surface area contributed by atoms with E-state index in [-0.39, 0.29) is 0 Å². The maximum Gasteiger partial charge on any atom is -0.0290 e. The molecule has 8 rings (SSSR count). The molecule has 8 bridgehead atoms. The fraction of sp³-hybridized carbons (Fsp3) is 1.00. The molecule has 6 atom stereocenters. The van der Waals surface area contributed by atoms with Gasteiger partial charge in [0.15, 0.2) is 0 Å². The molecule has 0 aromatic carbocycles. The highest BCUT2D eigenvalue weighted by Crippen LogP contribution is 2.65. The SMILES string of the molecule is CC12CC3CC(CC(C3)C1CCCC1C3CC4CC(C3)CC1(C)C4)C2. The highest BCUT2D eigenvalue weighted by Gasteiger charge is 2.56. The van der Waals surface area contributed by atoms with Crippen molar-refractivity contribution in [1.82, 2.24) is 0 Å². The largest absolute Gasteiger partial charge is 0.0593 e. The summed E-state index contributed by atoms with van der Waals surface area (Å²) in [4.78, 5) is 0. The summed E-state index contributed by atoms with van der Waals surface area (Å²) >= 11 is 0. The van der Waals surface area contributed by atoms with E-state index in [9.17, 15) is 0 Å². The fourth-order valence-corrected chi connectivity index (χ4v) is 10.8. The lowest BCUT2D eigenvalue weighted by Gasteiger charge is -2.61.